The van der Waals surface area contributed by atoms with E-state index in [1.165, 1.54) is 11.3 Å². The first-order valence-electron chi connectivity index (χ1n) is 6.70. The predicted molar refractivity (Wildman–Crippen MR) is 78.9 cm³/mol. The fourth-order valence-electron chi connectivity index (χ4n) is 2.62. The summed E-state index contributed by atoms with van der Waals surface area (Å²) in [4.78, 5) is 19.2. The first kappa shape index (κ1) is 12.7. The number of nitrogens with zero attached hydrogens (tertiary/aromatic N) is 4. The van der Waals surface area contributed by atoms with Gasteiger partial charge in [0.1, 0.15) is 0 Å². The minimum Gasteiger partial charge on any atom is -0.365 e. The second-order valence-corrected chi connectivity index (χ2v) is 5.23. The zero-order chi connectivity index (χ0) is 14.1. The maximum atomic E-state index is 10.9. The number of aryl methyl sites for hydroxylation is 1. The molecule has 0 bridgehead atoms. The smallest absolute Gasteiger partial charge is 0.213 e. The highest BCUT2D eigenvalue weighted by atomic mass is 16.1. The van der Waals surface area contributed by atoms with Crippen LogP contribution < -0.4 is 9.80 Å². The zero-order valence-electron chi connectivity index (χ0n) is 11.8. The highest BCUT2D eigenvalue weighted by molar-refractivity contribution is 5.77. The van der Waals surface area contributed by atoms with Gasteiger partial charge in [0, 0.05) is 38.2 Å². The van der Waals surface area contributed by atoms with E-state index in [0.717, 1.165) is 37.3 Å². The third-order valence-corrected chi connectivity index (χ3v) is 3.74. The van der Waals surface area contributed by atoms with Crippen molar-refractivity contribution >= 4 is 17.8 Å². The molecule has 1 aliphatic heterocycles. The number of rotatable bonds is 4. The van der Waals surface area contributed by atoms with Gasteiger partial charge in [0.05, 0.1) is 18.6 Å². The maximum Gasteiger partial charge on any atom is 0.213 e. The van der Waals surface area contributed by atoms with Gasteiger partial charge < -0.3 is 14.4 Å². The van der Waals surface area contributed by atoms with Gasteiger partial charge in [-0.3, -0.25) is 4.79 Å². The summed E-state index contributed by atoms with van der Waals surface area (Å²) in [7, 11) is 3.75. The molecule has 0 spiro atoms. The van der Waals surface area contributed by atoms with Crippen LogP contribution in [0.3, 0.4) is 0 Å². The van der Waals surface area contributed by atoms with Crippen LogP contribution in [0.2, 0.25) is 0 Å². The second-order valence-electron chi connectivity index (χ2n) is 5.23. The predicted octanol–water partition coefficient (Wildman–Crippen LogP) is 1.58. The lowest BCUT2D eigenvalue weighted by Crippen LogP contribution is -2.20. The minimum absolute atomic E-state index is 0.808. The lowest BCUT2D eigenvalue weighted by Gasteiger charge is -2.20. The molecule has 5 heteroatoms. The SMILES string of the molecule is CN(C=O)c1ccc2c(c1)N(Cc1cn(C)cn1)CC2. The average molecular weight is 270 g/mol. The molecule has 0 N–H and O–H groups in total. The van der Waals surface area contributed by atoms with E-state index >= 15 is 0 Å². The number of carbonyl (C=O) groups excluding carboxylic acids is 1. The third-order valence-electron chi connectivity index (χ3n) is 3.74. The molecule has 0 fully saturated rings. The Labute approximate surface area is 118 Å². The van der Waals surface area contributed by atoms with Crippen molar-refractivity contribution in [1.29, 1.82) is 0 Å². The Morgan fingerprint density at radius 1 is 1.45 bits per heavy atom. The van der Waals surface area contributed by atoms with E-state index in [1.807, 2.05) is 30.2 Å². The quantitative estimate of drug-likeness (QED) is 0.792. The van der Waals surface area contributed by atoms with Gasteiger partial charge in [0.2, 0.25) is 6.41 Å². The van der Waals surface area contributed by atoms with Gasteiger partial charge in [-0.1, -0.05) is 6.07 Å². The molecular formula is C15H18N4O. The molecule has 1 aromatic heterocycles. The number of anilines is 2. The van der Waals surface area contributed by atoms with Crippen molar-refractivity contribution in [3.63, 3.8) is 0 Å². The molecule has 1 amide bonds. The van der Waals surface area contributed by atoms with Crippen LogP contribution in [-0.2, 0) is 24.8 Å². The lowest BCUT2D eigenvalue weighted by atomic mass is 10.1. The van der Waals surface area contributed by atoms with Gasteiger partial charge in [0.15, 0.2) is 0 Å². The monoisotopic (exact) mass is 270 g/mol. The van der Waals surface area contributed by atoms with Crippen LogP contribution in [-0.4, -0.2) is 29.6 Å². The summed E-state index contributed by atoms with van der Waals surface area (Å²) in [5, 5.41) is 0. The van der Waals surface area contributed by atoms with Crippen molar-refractivity contribution in [2.24, 2.45) is 7.05 Å². The molecule has 1 aliphatic rings. The molecule has 0 atom stereocenters. The average Bonchev–Trinajstić information content (AvgIpc) is 3.05. The summed E-state index contributed by atoms with van der Waals surface area (Å²) < 4.78 is 1.96. The van der Waals surface area contributed by atoms with Crippen molar-refractivity contribution in [3.05, 3.63) is 42.0 Å². The van der Waals surface area contributed by atoms with Gasteiger partial charge in [-0.2, -0.15) is 0 Å². The minimum atomic E-state index is 0.808. The maximum absolute atomic E-state index is 10.9. The number of hydrogen-bond acceptors (Lipinski definition) is 3. The van der Waals surface area contributed by atoms with Crippen molar-refractivity contribution in [1.82, 2.24) is 9.55 Å². The first-order valence-corrected chi connectivity index (χ1v) is 6.70. The fraction of sp³-hybridized carbons (Fsp3) is 0.333. The Kier molecular flexibility index (Phi) is 3.18. The molecule has 2 heterocycles. The van der Waals surface area contributed by atoms with Crippen LogP contribution in [0.5, 0.6) is 0 Å². The van der Waals surface area contributed by atoms with Crippen LogP contribution in [0.25, 0.3) is 0 Å². The molecule has 0 aliphatic carbocycles. The first-order chi connectivity index (χ1) is 9.67. The summed E-state index contributed by atoms with van der Waals surface area (Å²) in [6.07, 6.45) is 5.75. The molecule has 0 saturated carbocycles. The second kappa shape index (κ2) is 5.00. The summed E-state index contributed by atoms with van der Waals surface area (Å²) in [6.45, 7) is 1.81. The molecule has 1 aromatic carbocycles. The van der Waals surface area contributed by atoms with E-state index < -0.39 is 0 Å². The lowest BCUT2D eigenvalue weighted by molar-refractivity contribution is -0.107. The van der Waals surface area contributed by atoms with Crippen LogP contribution in [0, 0.1) is 0 Å². The molecular weight excluding hydrogens is 252 g/mol. The molecule has 2 aromatic rings. The molecule has 0 saturated heterocycles. The summed E-state index contributed by atoms with van der Waals surface area (Å²) in [5.41, 5.74) is 4.53. The number of carbonyl (C=O) groups is 1. The molecule has 20 heavy (non-hydrogen) atoms. The van der Waals surface area contributed by atoms with Crippen LogP contribution in [0.15, 0.2) is 30.7 Å². The number of hydrogen-bond donors (Lipinski definition) is 0. The largest absolute Gasteiger partial charge is 0.365 e. The third kappa shape index (κ3) is 2.27. The summed E-state index contributed by atoms with van der Waals surface area (Å²) in [6, 6.07) is 6.19. The van der Waals surface area contributed by atoms with E-state index in [4.69, 9.17) is 0 Å². The van der Waals surface area contributed by atoms with Crippen LogP contribution in [0.1, 0.15) is 11.3 Å². The Morgan fingerprint density at radius 2 is 2.30 bits per heavy atom. The number of amides is 1. The van der Waals surface area contributed by atoms with Crippen molar-refractivity contribution in [2.75, 3.05) is 23.4 Å². The van der Waals surface area contributed by atoms with E-state index in [1.54, 1.807) is 11.9 Å². The molecule has 0 unspecified atom stereocenters. The standard InChI is InChI=1S/C15H18N4O/c1-17-8-13(16-10-17)9-19-6-5-12-3-4-14(7-15(12)19)18(2)11-20/h3-4,7-8,10-11H,5-6,9H2,1-2H3. The number of imidazole rings is 1. The van der Waals surface area contributed by atoms with E-state index in [0.29, 0.717) is 0 Å². The van der Waals surface area contributed by atoms with Crippen molar-refractivity contribution < 1.29 is 4.79 Å². The highest BCUT2D eigenvalue weighted by Gasteiger charge is 2.20. The molecule has 0 radical (unpaired) electrons. The van der Waals surface area contributed by atoms with Gasteiger partial charge >= 0.3 is 0 Å². The van der Waals surface area contributed by atoms with E-state index in [-0.39, 0.29) is 0 Å². The molecule has 3 rings (SSSR count). The Morgan fingerprint density at radius 3 is 3.00 bits per heavy atom. The molecule has 104 valence electrons. The Bertz CT molecular complexity index is 635. The topological polar surface area (TPSA) is 41.4 Å². The van der Waals surface area contributed by atoms with Gasteiger partial charge in [-0.05, 0) is 24.1 Å². The normalized spacial score (nSPS) is 13.4. The van der Waals surface area contributed by atoms with Crippen molar-refractivity contribution in [2.45, 2.75) is 13.0 Å². The summed E-state index contributed by atoms with van der Waals surface area (Å²) >= 11 is 0. The van der Waals surface area contributed by atoms with E-state index in [9.17, 15) is 4.79 Å². The zero-order valence-corrected chi connectivity index (χ0v) is 11.8. The number of aromatic nitrogens is 2. The van der Waals surface area contributed by atoms with Gasteiger partial charge in [-0.15, -0.1) is 0 Å². The Hall–Kier alpha value is -2.30. The van der Waals surface area contributed by atoms with Crippen molar-refractivity contribution in [3.8, 4) is 0 Å². The Balaban J connectivity index is 1.86. The van der Waals surface area contributed by atoms with Crippen LogP contribution >= 0.6 is 0 Å². The highest BCUT2D eigenvalue weighted by Crippen LogP contribution is 2.32. The van der Waals surface area contributed by atoms with E-state index in [2.05, 4.69) is 22.0 Å². The fourth-order valence-corrected chi connectivity index (χ4v) is 2.62. The summed E-state index contributed by atoms with van der Waals surface area (Å²) in [5.74, 6) is 0. The van der Waals surface area contributed by atoms with Gasteiger partial charge in [0.25, 0.3) is 0 Å². The number of fused-ring (bicyclic) bond motifs is 1. The van der Waals surface area contributed by atoms with Gasteiger partial charge in [-0.25, -0.2) is 4.98 Å². The van der Waals surface area contributed by atoms with Crippen LogP contribution in [0.4, 0.5) is 11.4 Å². The molecule has 5 nitrogen and oxygen atoms in total. The number of benzene rings is 1.